The Morgan fingerprint density at radius 2 is 1.88 bits per heavy atom. The van der Waals surface area contributed by atoms with Gasteiger partial charge in [-0.05, 0) is 42.7 Å². The number of anilines is 1. The van der Waals surface area contributed by atoms with Gasteiger partial charge in [0.2, 0.25) is 6.41 Å². The first kappa shape index (κ1) is 23.6. The molecule has 2 rings (SSSR count). The predicted octanol–water partition coefficient (Wildman–Crippen LogP) is 4.52. The van der Waals surface area contributed by atoms with Gasteiger partial charge in [0.15, 0.2) is 0 Å². The fourth-order valence-electron chi connectivity index (χ4n) is 2.13. The standard InChI is InChI=1S/C16H16ClN3O2.2C2H6/c1-11-13(17)4-5-14(18)15(11)16(22)20(10-21)8-6-12-3-2-7-19-9-12;2*1-2/h2-5,7,9-10H,6,8,18H2,1H3;2*1-2H3. The Hall–Kier alpha value is -2.40. The van der Waals surface area contributed by atoms with Crippen molar-refractivity contribution in [3.63, 3.8) is 0 Å². The average molecular weight is 378 g/mol. The van der Waals surface area contributed by atoms with E-state index in [-0.39, 0.29) is 12.1 Å². The lowest BCUT2D eigenvalue weighted by atomic mass is 10.0. The molecular weight excluding hydrogens is 350 g/mol. The molecule has 0 spiro atoms. The first-order chi connectivity index (χ1) is 12.5. The molecule has 0 unspecified atom stereocenters. The number of rotatable bonds is 5. The number of imide groups is 1. The van der Waals surface area contributed by atoms with E-state index in [1.165, 1.54) is 0 Å². The number of nitrogens with two attached hydrogens (primary N) is 1. The van der Waals surface area contributed by atoms with Gasteiger partial charge in [0.05, 0.1) is 5.56 Å². The van der Waals surface area contributed by atoms with E-state index >= 15 is 0 Å². The van der Waals surface area contributed by atoms with Crippen molar-refractivity contribution >= 4 is 29.6 Å². The fraction of sp³-hybridized carbons (Fsp3) is 0.350. The topological polar surface area (TPSA) is 76.3 Å². The monoisotopic (exact) mass is 377 g/mol. The summed E-state index contributed by atoms with van der Waals surface area (Å²) >= 11 is 6.03. The molecule has 2 aromatic rings. The summed E-state index contributed by atoms with van der Waals surface area (Å²) in [5, 5.41) is 0.440. The van der Waals surface area contributed by atoms with Crippen LogP contribution in [-0.4, -0.2) is 28.7 Å². The highest BCUT2D eigenvalue weighted by molar-refractivity contribution is 6.32. The molecule has 2 N–H and O–H groups in total. The maximum atomic E-state index is 12.5. The third kappa shape index (κ3) is 6.48. The van der Waals surface area contributed by atoms with Crippen molar-refractivity contribution in [2.45, 2.75) is 41.0 Å². The van der Waals surface area contributed by atoms with Crippen LogP contribution in [0.5, 0.6) is 0 Å². The smallest absolute Gasteiger partial charge is 0.262 e. The van der Waals surface area contributed by atoms with Gasteiger partial charge in [-0.1, -0.05) is 45.4 Å². The Bertz CT molecular complexity index is 691. The number of pyridine rings is 1. The van der Waals surface area contributed by atoms with Crippen molar-refractivity contribution in [2.24, 2.45) is 0 Å². The Balaban J connectivity index is 0.00000146. The summed E-state index contributed by atoms with van der Waals surface area (Å²) in [6, 6.07) is 6.89. The Morgan fingerprint density at radius 1 is 1.23 bits per heavy atom. The van der Waals surface area contributed by atoms with Crippen molar-refractivity contribution in [3.8, 4) is 0 Å². The van der Waals surface area contributed by atoms with Gasteiger partial charge in [-0.25, -0.2) is 0 Å². The molecule has 2 amide bonds. The SMILES string of the molecule is CC.CC.Cc1c(Cl)ccc(N)c1C(=O)N(C=O)CCc1cccnc1. The Labute approximate surface area is 161 Å². The summed E-state index contributed by atoms with van der Waals surface area (Å²) in [5.74, 6) is -0.448. The van der Waals surface area contributed by atoms with Crippen molar-refractivity contribution in [3.05, 3.63) is 58.4 Å². The highest BCUT2D eigenvalue weighted by Gasteiger charge is 2.21. The average Bonchev–Trinajstić information content (AvgIpc) is 2.69. The van der Waals surface area contributed by atoms with Crippen LogP contribution in [-0.2, 0) is 11.2 Å². The van der Waals surface area contributed by atoms with E-state index in [9.17, 15) is 9.59 Å². The molecule has 1 heterocycles. The zero-order valence-corrected chi connectivity index (χ0v) is 16.9. The Kier molecular flexibility index (Phi) is 11.7. The second kappa shape index (κ2) is 12.9. The number of hydrogen-bond acceptors (Lipinski definition) is 4. The van der Waals surface area contributed by atoms with Crippen molar-refractivity contribution in [1.29, 1.82) is 0 Å². The third-order valence-electron chi connectivity index (χ3n) is 3.40. The minimum Gasteiger partial charge on any atom is -0.398 e. The van der Waals surface area contributed by atoms with Crippen molar-refractivity contribution in [1.82, 2.24) is 9.88 Å². The minimum atomic E-state index is -0.448. The van der Waals surface area contributed by atoms with Crippen LogP contribution < -0.4 is 5.73 Å². The number of hydrogen-bond donors (Lipinski definition) is 1. The van der Waals surface area contributed by atoms with Gasteiger partial charge in [0.25, 0.3) is 5.91 Å². The van der Waals surface area contributed by atoms with E-state index in [0.29, 0.717) is 29.1 Å². The van der Waals surface area contributed by atoms with Crippen LogP contribution in [0.25, 0.3) is 0 Å². The zero-order chi connectivity index (χ0) is 20.1. The lowest BCUT2D eigenvalue weighted by molar-refractivity contribution is -0.115. The third-order valence-corrected chi connectivity index (χ3v) is 3.81. The number of halogens is 1. The van der Waals surface area contributed by atoms with Crippen LogP contribution in [0.2, 0.25) is 5.02 Å². The lowest BCUT2D eigenvalue weighted by Gasteiger charge is -2.18. The number of benzene rings is 1. The summed E-state index contributed by atoms with van der Waals surface area (Å²) < 4.78 is 0. The first-order valence-corrected chi connectivity index (χ1v) is 9.12. The number of nitrogen functional groups attached to an aromatic ring is 1. The van der Waals surface area contributed by atoms with Crippen molar-refractivity contribution < 1.29 is 9.59 Å². The van der Waals surface area contributed by atoms with Crippen LogP contribution in [0.4, 0.5) is 5.69 Å². The predicted molar refractivity (Wildman–Crippen MR) is 108 cm³/mol. The molecule has 0 saturated heterocycles. The maximum absolute atomic E-state index is 12.5. The van der Waals surface area contributed by atoms with Gasteiger partial charge >= 0.3 is 0 Å². The van der Waals surface area contributed by atoms with Gasteiger partial charge in [-0.2, -0.15) is 0 Å². The summed E-state index contributed by atoms with van der Waals surface area (Å²) in [5.41, 5.74) is 7.95. The summed E-state index contributed by atoms with van der Waals surface area (Å²) in [6.07, 6.45) is 4.41. The lowest BCUT2D eigenvalue weighted by Crippen LogP contribution is -2.32. The molecule has 26 heavy (non-hydrogen) atoms. The molecule has 1 aromatic heterocycles. The van der Waals surface area contributed by atoms with Gasteiger partial charge in [0.1, 0.15) is 0 Å². The Morgan fingerprint density at radius 3 is 2.42 bits per heavy atom. The van der Waals surface area contributed by atoms with Crippen LogP contribution >= 0.6 is 11.6 Å². The second-order valence-electron chi connectivity index (χ2n) is 4.85. The van der Waals surface area contributed by atoms with Gasteiger partial charge in [-0.15, -0.1) is 0 Å². The molecule has 142 valence electrons. The maximum Gasteiger partial charge on any atom is 0.262 e. The van der Waals surface area contributed by atoms with E-state index in [1.807, 2.05) is 39.8 Å². The molecule has 0 radical (unpaired) electrons. The van der Waals surface area contributed by atoms with Crippen molar-refractivity contribution in [2.75, 3.05) is 12.3 Å². The quantitative estimate of drug-likeness (QED) is 0.613. The molecule has 0 fully saturated rings. The van der Waals surface area contributed by atoms with E-state index in [1.54, 1.807) is 31.5 Å². The molecule has 0 aliphatic heterocycles. The van der Waals surface area contributed by atoms with E-state index < -0.39 is 5.91 Å². The molecule has 5 nitrogen and oxygen atoms in total. The fourth-order valence-corrected chi connectivity index (χ4v) is 2.29. The largest absolute Gasteiger partial charge is 0.398 e. The number of amides is 2. The normalized spacial score (nSPS) is 9.15. The molecule has 0 atom stereocenters. The highest BCUT2D eigenvalue weighted by Crippen LogP contribution is 2.25. The number of aromatic nitrogens is 1. The van der Waals surface area contributed by atoms with Gasteiger partial charge in [-0.3, -0.25) is 19.5 Å². The minimum absolute atomic E-state index is 0.249. The summed E-state index contributed by atoms with van der Waals surface area (Å²) in [7, 11) is 0. The van der Waals surface area contributed by atoms with Crippen LogP contribution in [0, 0.1) is 6.92 Å². The molecule has 0 saturated carbocycles. The van der Waals surface area contributed by atoms with E-state index in [0.717, 1.165) is 10.5 Å². The van der Waals surface area contributed by atoms with Gasteiger partial charge in [0, 0.05) is 29.6 Å². The number of carbonyl (C=O) groups excluding carboxylic acids is 2. The van der Waals surface area contributed by atoms with E-state index in [2.05, 4.69) is 4.98 Å². The molecule has 1 aromatic carbocycles. The molecule has 6 heteroatoms. The van der Waals surface area contributed by atoms with Crippen LogP contribution in [0.3, 0.4) is 0 Å². The molecular formula is C20H28ClN3O2. The van der Waals surface area contributed by atoms with Crippen LogP contribution in [0.1, 0.15) is 49.2 Å². The summed E-state index contributed by atoms with van der Waals surface area (Å²) in [4.78, 5) is 28.9. The van der Waals surface area contributed by atoms with Gasteiger partial charge < -0.3 is 5.73 Å². The number of nitrogens with zero attached hydrogens (tertiary/aromatic N) is 2. The highest BCUT2D eigenvalue weighted by atomic mass is 35.5. The molecule has 0 aliphatic carbocycles. The first-order valence-electron chi connectivity index (χ1n) is 8.74. The molecule has 0 bridgehead atoms. The summed E-state index contributed by atoms with van der Waals surface area (Å²) in [6.45, 7) is 9.95. The second-order valence-corrected chi connectivity index (χ2v) is 5.26. The zero-order valence-electron chi connectivity index (χ0n) is 16.1. The van der Waals surface area contributed by atoms with Crippen LogP contribution in [0.15, 0.2) is 36.7 Å². The molecule has 0 aliphatic rings. The van der Waals surface area contributed by atoms with E-state index in [4.69, 9.17) is 17.3 Å². The number of carbonyl (C=O) groups is 2.